The molecular weight excluding hydrogens is 251 g/mol. The number of anilines is 1. The Kier molecular flexibility index (Phi) is 5.84. The van der Waals surface area contributed by atoms with E-state index in [-0.39, 0.29) is 5.82 Å². The Morgan fingerprint density at radius 3 is 2.90 bits per heavy atom. The highest BCUT2D eigenvalue weighted by Crippen LogP contribution is 2.24. The highest BCUT2D eigenvalue weighted by Gasteiger charge is 2.18. The van der Waals surface area contributed by atoms with Crippen LogP contribution in [0.5, 0.6) is 0 Å². The average Bonchev–Trinajstić information content (AvgIpc) is 2.64. The van der Waals surface area contributed by atoms with Gasteiger partial charge in [0.2, 0.25) is 0 Å². The third kappa shape index (κ3) is 4.78. The van der Waals surface area contributed by atoms with Crippen molar-refractivity contribution in [2.75, 3.05) is 31.5 Å². The van der Waals surface area contributed by atoms with Crippen LogP contribution < -0.4 is 5.32 Å². The molecule has 1 aromatic carbocycles. The van der Waals surface area contributed by atoms with E-state index in [9.17, 15) is 4.39 Å². The number of halogens is 1. The summed E-state index contributed by atoms with van der Waals surface area (Å²) in [5, 5.41) is 3.31. The van der Waals surface area contributed by atoms with Gasteiger partial charge in [0, 0.05) is 18.8 Å². The predicted molar refractivity (Wildman–Crippen MR) is 83.5 cm³/mol. The Hall–Kier alpha value is -1.09. The maximum atomic E-state index is 13.1. The fraction of sp³-hybridized carbons (Fsp3) is 0.647. The SMILES string of the molecule is CC(C)C1CCCN(CCNc2cccc(F)c2)CC1. The molecule has 1 aliphatic heterocycles. The van der Waals surface area contributed by atoms with Crippen LogP contribution in [0.25, 0.3) is 0 Å². The van der Waals surface area contributed by atoms with Crippen molar-refractivity contribution in [3.05, 3.63) is 30.1 Å². The number of rotatable bonds is 5. The molecule has 2 rings (SSSR count). The van der Waals surface area contributed by atoms with Crippen molar-refractivity contribution < 1.29 is 4.39 Å². The first-order valence-corrected chi connectivity index (χ1v) is 7.87. The van der Waals surface area contributed by atoms with Crippen LogP contribution in [0.4, 0.5) is 10.1 Å². The topological polar surface area (TPSA) is 15.3 Å². The molecule has 1 atom stereocenters. The Morgan fingerprint density at radius 2 is 2.15 bits per heavy atom. The Labute approximate surface area is 122 Å². The van der Waals surface area contributed by atoms with Gasteiger partial charge in [0.25, 0.3) is 0 Å². The van der Waals surface area contributed by atoms with E-state index in [0.717, 1.165) is 30.6 Å². The van der Waals surface area contributed by atoms with Gasteiger partial charge in [-0.1, -0.05) is 19.9 Å². The van der Waals surface area contributed by atoms with Gasteiger partial charge in [0.05, 0.1) is 0 Å². The lowest BCUT2D eigenvalue weighted by Gasteiger charge is -2.21. The summed E-state index contributed by atoms with van der Waals surface area (Å²) in [6.45, 7) is 9.01. The summed E-state index contributed by atoms with van der Waals surface area (Å²) in [5.74, 6) is 1.51. The number of nitrogens with one attached hydrogen (secondary N) is 1. The van der Waals surface area contributed by atoms with Crippen molar-refractivity contribution in [2.45, 2.75) is 33.1 Å². The molecule has 0 amide bonds. The van der Waals surface area contributed by atoms with Gasteiger partial charge in [-0.3, -0.25) is 0 Å². The molecule has 1 aliphatic rings. The molecule has 0 aromatic heterocycles. The molecule has 1 N–H and O–H groups in total. The van der Waals surface area contributed by atoms with Gasteiger partial charge >= 0.3 is 0 Å². The second-order valence-electron chi connectivity index (χ2n) is 6.21. The highest BCUT2D eigenvalue weighted by molar-refractivity contribution is 5.42. The Balaban J connectivity index is 1.72. The number of benzene rings is 1. The lowest BCUT2D eigenvalue weighted by molar-refractivity contribution is 0.281. The summed E-state index contributed by atoms with van der Waals surface area (Å²) in [6, 6.07) is 6.69. The van der Waals surface area contributed by atoms with Crippen LogP contribution in [0.3, 0.4) is 0 Å². The van der Waals surface area contributed by atoms with Crippen LogP contribution in [0.15, 0.2) is 24.3 Å². The zero-order valence-corrected chi connectivity index (χ0v) is 12.7. The van der Waals surface area contributed by atoms with Crippen LogP contribution in [-0.2, 0) is 0 Å². The van der Waals surface area contributed by atoms with Crippen molar-refractivity contribution in [1.29, 1.82) is 0 Å². The van der Waals surface area contributed by atoms with E-state index in [1.807, 2.05) is 6.07 Å². The van der Waals surface area contributed by atoms with E-state index in [4.69, 9.17) is 0 Å². The molecule has 0 radical (unpaired) electrons. The molecule has 0 bridgehead atoms. The summed E-state index contributed by atoms with van der Waals surface area (Å²) in [7, 11) is 0. The fourth-order valence-corrected chi connectivity index (χ4v) is 3.03. The third-order valence-corrected chi connectivity index (χ3v) is 4.39. The van der Waals surface area contributed by atoms with Gasteiger partial charge in [-0.05, 0) is 62.4 Å². The standard InChI is InChI=1S/C17H27FN2/c1-14(2)15-5-4-10-20(11-8-15)12-9-19-17-7-3-6-16(18)13-17/h3,6-7,13-15,19H,4-5,8-12H2,1-2H3. The van der Waals surface area contributed by atoms with Crippen molar-refractivity contribution in [2.24, 2.45) is 11.8 Å². The first kappa shape index (κ1) is 15.3. The molecule has 1 fully saturated rings. The molecule has 1 heterocycles. The summed E-state index contributed by atoms with van der Waals surface area (Å²) < 4.78 is 13.1. The van der Waals surface area contributed by atoms with Gasteiger partial charge in [0.1, 0.15) is 5.82 Å². The zero-order valence-electron chi connectivity index (χ0n) is 12.7. The fourth-order valence-electron chi connectivity index (χ4n) is 3.03. The van der Waals surface area contributed by atoms with E-state index in [2.05, 4.69) is 24.1 Å². The predicted octanol–water partition coefficient (Wildman–Crippen LogP) is 4.00. The number of hydrogen-bond donors (Lipinski definition) is 1. The van der Waals surface area contributed by atoms with Gasteiger partial charge in [-0.25, -0.2) is 4.39 Å². The van der Waals surface area contributed by atoms with Crippen molar-refractivity contribution in [1.82, 2.24) is 4.90 Å². The summed E-state index contributed by atoms with van der Waals surface area (Å²) >= 11 is 0. The van der Waals surface area contributed by atoms with Crippen LogP contribution in [0.1, 0.15) is 33.1 Å². The van der Waals surface area contributed by atoms with E-state index < -0.39 is 0 Å². The normalized spacial score (nSPS) is 20.9. The average molecular weight is 278 g/mol. The first-order chi connectivity index (χ1) is 9.65. The molecule has 1 unspecified atom stereocenters. The molecule has 0 saturated carbocycles. The highest BCUT2D eigenvalue weighted by atomic mass is 19.1. The second-order valence-corrected chi connectivity index (χ2v) is 6.21. The van der Waals surface area contributed by atoms with E-state index >= 15 is 0 Å². The Morgan fingerprint density at radius 1 is 1.30 bits per heavy atom. The molecule has 112 valence electrons. The second kappa shape index (κ2) is 7.63. The minimum atomic E-state index is -0.176. The molecular formula is C17H27FN2. The molecule has 20 heavy (non-hydrogen) atoms. The van der Waals surface area contributed by atoms with E-state index in [0.29, 0.717) is 0 Å². The van der Waals surface area contributed by atoms with Gasteiger partial charge in [-0.15, -0.1) is 0 Å². The number of hydrogen-bond acceptors (Lipinski definition) is 2. The quantitative estimate of drug-likeness (QED) is 0.876. The largest absolute Gasteiger partial charge is 0.384 e. The van der Waals surface area contributed by atoms with Crippen LogP contribution in [0, 0.1) is 17.7 Å². The first-order valence-electron chi connectivity index (χ1n) is 7.87. The lowest BCUT2D eigenvalue weighted by atomic mass is 9.89. The van der Waals surface area contributed by atoms with Crippen molar-refractivity contribution in [3.63, 3.8) is 0 Å². The zero-order chi connectivity index (χ0) is 14.4. The monoisotopic (exact) mass is 278 g/mol. The molecule has 2 nitrogen and oxygen atoms in total. The molecule has 0 spiro atoms. The number of nitrogens with zero attached hydrogens (tertiary/aromatic N) is 1. The summed E-state index contributed by atoms with van der Waals surface area (Å²) in [6.07, 6.45) is 3.99. The molecule has 1 saturated heterocycles. The van der Waals surface area contributed by atoms with Crippen molar-refractivity contribution in [3.8, 4) is 0 Å². The van der Waals surface area contributed by atoms with Gasteiger partial charge < -0.3 is 10.2 Å². The maximum absolute atomic E-state index is 13.1. The maximum Gasteiger partial charge on any atom is 0.125 e. The lowest BCUT2D eigenvalue weighted by Crippen LogP contribution is -2.30. The van der Waals surface area contributed by atoms with Crippen LogP contribution in [0.2, 0.25) is 0 Å². The number of likely N-dealkylation sites (tertiary alicyclic amines) is 1. The smallest absolute Gasteiger partial charge is 0.125 e. The minimum Gasteiger partial charge on any atom is -0.384 e. The van der Waals surface area contributed by atoms with E-state index in [1.54, 1.807) is 12.1 Å². The van der Waals surface area contributed by atoms with Crippen LogP contribution in [-0.4, -0.2) is 31.1 Å². The minimum absolute atomic E-state index is 0.176. The van der Waals surface area contributed by atoms with Crippen molar-refractivity contribution >= 4 is 5.69 Å². The summed E-state index contributed by atoms with van der Waals surface area (Å²) in [5.41, 5.74) is 0.875. The molecule has 1 aromatic rings. The van der Waals surface area contributed by atoms with Crippen LogP contribution >= 0.6 is 0 Å². The molecule has 3 heteroatoms. The summed E-state index contributed by atoms with van der Waals surface area (Å²) in [4.78, 5) is 2.54. The van der Waals surface area contributed by atoms with E-state index in [1.165, 1.54) is 38.4 Å². The third-order valence-electron chi connectivity index (χ3n) is 4.39. The van der Waals surface area contributed by atoms with Gasteiger partial charge in [-0.2, -0.15) is 0 Å². The molecule has 0 aliphatic carbocycles. The van der Waals surface area contributed by atoms with Gasteiger partial charge in [0.15, 0.2) is 0 Å². The Bertz CT molecular complexity index is 406.